The molecule has 0 aliphatic rings. The van der Waals surface area contributed by atoms with Crippen LogP contribution in [0.1, 0.15) is 0 Å². The molecule has 0 aliphatic carbocycles. The highest BCUT2D eigenvalue weighted by molar-refractivity contribution is 9.10. The monoisotopic (exact) mass is 409 g/mol. The number of pyridine rings is 1. The lowest BCUT2D eigenvalue weighted by Gasteiger charge is -2.15. The minimum atomic E-state index is -0.745. The van der Waals surface area contributed by atoms with Crippen molar-refractivity contribution >= 4 is 26.9 Å². The molecule has 2 aromatic carbocycles. The van der Waals surface area contributed by atoms with E-state index in [4.69, 9.17) is 4.42 Å². The molecule has 0 saturated carbocycles. The molecule has 6 heteroatoms. The maximum Gasteiger partial charge on any atom is 0.354 e. The lowest BCUT2D eigenvalue weighted by molar-refractivity contribution is 0.461. The molecule has 4 rings (SSSR count). The summed E-state index contributed by atoms with van der Waals surface area (Å²) in [4.78, 5) is 25.1. The van der Waals surface area contributed by atoms with Gasteiger partial charge in [0.1, 0.15) is 15.4 Å². The van der Waals surface area contributed by atoms with Crippen LogP contribution in [-0.4, -0.2) is 9.67 Å². The Kier molecular flexibility index (Phi) is 3.97. The molecule has 2 aromatic heterocycles. The average molecular weight is 410 g/mol. The quantitative estimate of drug-likeness (QED) is 0.541. The molecule has 26 heavy (non-hydrogen) atoms. The number of nitrogens with zero attached hydrogens (tertiary/aromatic N) is 1. The number of halogens is 1. The highest BCUT2D eigenvalue weighted by atomic mass is 79.9. The van der Waals surface area contributed by atoms with Gasteiger partial charge in [0.2, 0.25) is 0 Å². The second-order valence-electron chi connectivity index (χ2n) is 5.66. The fourth-order valence-corrected chi connectivity index (χ4v) is 3.17. The van der Waals surface area contributed by atoms with E-state index in [0.717, 1.165) is 5.56 Å². The van der Waals surface area contributed by atoms with E-state index in [0.29, 0.717) is 11.4 Å². The molecule has 0 amide bonds. The molecule has 0 bridgehead atoms. The van der Waals surface area contributed by atoms with Gasteiger partial charge in [-0.25, -0.2) is 4.79 Å². The van der Waals surface area contributed by atoms with E-state index in [1.54, 1.807) is 18.2 Å². The van der Waals surface area contributed by atoms with Crippen LogP contribution in [0.5, 0.6) is 5.75 Å². The van der Waals surface area contributed by atoms with Crippen LogP contribution in [0, 0.1) is 0 Å². The zero-order valence-electron chi connectivity index (χ0n) is 13.3. The number of aromatic hydroxyl groups is 1. The molecule has 5 nitrogen and oxygen atoms in total. The molecule has 2 heterocycles. The highest BCUT2D eigenvalue weighted by Gasteiger charge is 2.20. The lowest BCUT2D eigenvalue weighted by atomic mass is 10.1. The summed E-state index contributed by atoms with van der Waals surface area (Å²) in [6.45, 7) is 0. The van der Waals surface area contributed by atoms with Gasteiger partial charge in [0.05, 0.1) is 5.69 Å². The minimum absolute atomic E-state index is 0.0340. The molecule has 0 radical (unpaired) electrons. The summed E-state index contributed by atoms with van der Waals surface area (Å²) in [7, 11) is 0. The first-order valence-electron chi connectivity index (χ1n) is 7.80. The van der Waals surface area contributed by atoms with Gasteiger partial charge in [-0.05, 0) is 33.6 Å². The number of fused-ring (bicyclic) bond motifs is 1. The van der Waals surface area contributed by atoms with Gasteiger partial charge in [0.15, 0.2) is 5.75 Å². The second-order valence-corrected chi connectivity index (χ2v) is 6.46. The van der Waals surface area contributed by atoms with Crippen molar-refractivity contribution in [1.82, 2.24) is 4.57 Å². The van der Waals surface area contributed by atoms with E-state index in [2.05, 4.69) is 15.9 Å². The highest BCUT2D eigenvalue weighted by Crippen LogP contribution is 2.31. The van der Waals surface area contributed by atoms with Gasteiger partial charge in [-0.2, -0.15) is 0 Å². The van der Waals surface area contributed by atoms with E-state index in [9.17, 15) is 14.7 Å². The van der Waals surface area contributed by atoms with Crippen LogP contribution in [0.2, 0.25) is 0 Å². The van der Waals surface area contributed by atoms with Crippen LogP contribution in [0.3, 0.4) is 0 Å². The van der Waals surface area contributed by atoms with Crippen molar-refractivity contribution in [2.45, 2.75) is 0 Å². The number of aromatic nitrogens is 1. The van der Waals surface area contributed by atoms with Crippen molar-refractivity contribution in [2.75, 3.05) is 0 Å². The molecule has 0 aliphatic heterocycles. The van der Waals surface area contributed by atoms with Crippen molar-refractivity contribution in [3.63, 3.8) is 0 Å². The van der Waals surface area contributed by atoms with Crippen LogP contribution in [0.25, 0.3) is 27.9 Å². The molecule has 4 aromatic rings. The van der Waals surface area contributed by atoms with Crippen molar-refractivity contribution in [2.24, 2.45) is 0 Å². The zero-order valence-corrected chi connectivity index (χ0v) is 14.9. The molecular weight excluding hydrogens is 398 g/mol. The van der Waals surface area contributed by atoms with E-state index in [1.165, 1.54) is 4.57 Å². The molecule has 0 atom stereocenters. The molecule has 0 saturated heterocycles. The Hall–Kier alpha value is -3.12. The Morgan fingerprint density at radius 3 is 2.19 bits per heavy atom. The van der Waals surface area contributed by atoms with Gasteiger partial charge in [-0.15, -0.1) is 0 Å². The fraction of sp³-hybridized carbons (Fsp3) is 0. The van der Waals surface area contributed by atoms with Crippen LogP contribution < -0.4 is 11.2 Å². The first-order valence-corrected chi connectivity index (χ1v) is 8.59. The molecule has 128 valence electrons. The molecular formula is C20H12BrNO4. The summed E-state index contributed by atoms with van der Waals surface area (Å²) in [5.74, 6) is -0.425. The summed E-state index contributed by atoms with van der Waals surface area (Å²) in [6, 6.07) is 20.0. The van der Waals surface area contributed by atoms with E-state index < -0.39 is 16.9 Å². The van der Waals surface area contributed by atoms with E-state index >= 15 is 0 Å². The number of hydrogen-bond donors (Lipinski definition) is 1. The fourth-order valence-electron chi connectivity index (χ4n) is 2.89. The summed E-state index contributed by atoms with van der Waals surface area (Å²) in [5, 5.41) is 10.3. The number of hydrogen-bond acceptors (Lipinski definition) is 4. The van der Waals surface area contributed by atoms with Crippen LogP contribution in [-0.2, 0) is 0 Å². The van der Waals surface area contributed by atoms with Gasteiger partial charge >= 0.3 is 5.63 Å². The standard InChI is InChI=1S/C20H12BrNO4/c21-17-18(23)16-15(26-20(17)25)11-14(12-7-3-1-4-8-12)22(19(16)24)13-9-5-2-6-10-13/h1-11,23H. The maximum absolute atomic E-state index is 13.2. The topological polar surface area (TPSA) is 72.4 Å². The van der Waals surface area contributed by atoms with Crippen molar-refractivity contribution in [1.29, 1.82) is 0 Å². The maximum atomic E-state index is 13.2. The minimum Gasteiger partial charge on any atom is -0.506 e. The number of benzene rings is 2. The Bertz CT molecular complexity index is 1230. The largest absolute Gasteiger partial charge is 0.506 e. The second kappa shape index (κ2) is 6.31. The first-order chi connectivity index (χ1) is 12.6. The Morgan fingerprint density at radius 1 is 0.923 bits per heavy atom. The molecule has 0 unspecified atom stereocenters. The molecule has 1 N–H and O–H groups in total. The summed E-state index contributed by atoms with van der Waals surface area (Å²) >= 11 is 2.97. The first kappa shape index (κ1) is 16.4. The Balaban J connectivity index is 2.21. The average Bonchev–Trinajstić information content (AvgIpc) is 2.67. The van der Waals surface area contributed by atoms with Gasteiger partial charge in [0, 0.05) is 11.8 Å². The third-order valence-corrected chi connectivity index (χ3v) is 4.78. The normalized spacial score (nSPS) is 11.0. The van der Waals surface area contributed by atoms with Gasteiger partial charge in [-0.3, -0.25) is 9.36 Å². The molecule has 0 fully saturated rings. The van der Waals surface area contributed by atoms with Crippen LogP contribution in [0.15, 0.2) is 85.2 Å². The van der Waals surface area contributed by atoms with Crippen LogP contribution in [0.4, 0.5) is 0 Å². The lowest BCUT2D eigenvalue weighted by Crippen LogP contribution is -2.21. The summed E-state index contributed by atoms with van der Waals surface area (Å²) in [5.41, 5.74) is 0.784. The predicted octanol–water partition coefficient (Wildman–Crippen LogP) is 4.08. The third kappa shape index (κ3) is 2.55. The van der Waals surface area contributed by atoms with Crippen molar-refractivity contribution in [3.8, 4) is 22.7 Å². The SMILES string of the molecule is O=c1oc2cc(-c3ccccc3)n(-c3ccccc3)c(=O)c2c(O)c1Br. The summed E-state index contributed by atoms with van der Waals surface area (Å²) < 4.78 is 6.55. The Morgan fingerprint density at radius 2 is 1.54 bits per heavy atom. The summed E-state index contributed by atoms with van der Waals surface area (Å²) in [6.07, 6.45) is 0. The van der Waals surface area contributed by atoms with E-state index in [1.807, 2.05) is 48.5 Å². The number of rotatable bonds is 2. The van der Waals surface area contributed by atoms with Crippen molar-refractivity contribution in [3.05, 3.63) is 92.0 Å². The van der Waals surface area contributed by atoms with Gasteiger partial charge < -0.3 is 9.52 Å². The van der Waals surface area contributed by atoms with Crippen molar-refractivity contribution < 1.29 is 9.52 Å². The zero-order chi connectivity index (χ0) is 18.3. The van der Waals surface area contributed by atoms with E-state index in [-0.39, 0.29) is 15.4 Å². The number of para-hydroxylation sites is 1. The Labute approximate surface area is 155 Å². The predicted molar refractivity (Wildman–Crippen MR) is 103 cm³/mol. The van der Waals surface area contributed by atoms with Gasteiger partial charge in [-0.1, -0.05) is 48.5 Å². The van der Waals surface area contributed by atoms with Gasteiger partial charge in [0.25, 0.3) is 5.56 Å². The third-order valence-electron chi connectivity index (χ3n) is 4.08. The molecule has 0 spiro atoms. The van der Waals surface area contributed by atoms with Crippen LogP contribution >= 0.6 is 15.9 Å². The smallest absolute Gasteiger partial charge is 0.354 e.